The number of aliphatic hydroxyl groups is 1. The van der Waals surface area contributed by atoms with E-state index in [-0.39, 0.29) is 17.1 Å². The van der Waals surface area contributed by atoms with Gasteiger partial charge >= 0.3 is 0 Å². The molecule has 2 heterocycles. The van der Waals surface area contributed by atoms with Crippen LogP contribution in [0.4, 0.5) is 13.2 Å². The Morgan fingerprint density at radius 2 is 1.73 bits per heavy atom. The first-order chi connectivity index (χ1) is 13.9. The van der Waals surface area contributed by atoms with Crippen LogP contribution in [0.5, 0.6) is 11.6 Å². The van der Waals surface area contributed by atoms with Crippen LogP contribution in [0.3, 0.4) is 0 Å². The normalized spacial score (nSPS) is 17.9. The van der Waals surface area contributed by atoms with Crippen LogP contribution in [0.15, 0.2) is 30.0 Å². The third kappa shape index (κ3) is 3.79. The zero-order valence-corrected chi connectivity index (χ0v) is 17.3. The van der Waals surface area contributed by atoms with E-state index in [1.54, 1.807) is 33.8 Å². The van der Waals surface area contributed by atoms with Crippen molar-refractivity contribution in [3.63, 3.8) is 0 Å². The van der Waals surface area contributed by atoms with E-state index in [1.807, 2.05) is 6.92 Å². The molecular weight excluding hydrogens is 399 g/mol. The van der Waals surface area contributed by atoms with Gasteiger partial charge in [0.05, 0.1) is 5.57 Å². The van der Waals surface area contributed by atoms with Gasteiger partial charge in [0.1, 0.15) is 22.7 Å². The van der Waals surface area contributed by atoms with Gasteiger partial charge in [-0.25, -0.2) is 8.78 Å². The number of benzene rings is 1. The second-order valence-corrected chi connectivity index (χ2v) is 8.00. The third-order valence-corrected chi connectivity index (χ3v) is 4.89. The highest BCUT2D eigenvalue weighted by Crippen LogP contribution is 2.42. The number of hydrogen-bond acceptors (Lipinski definition) is 5. The van der Waals surface area contributed by atoms with E-state index in [2.05, 4.69) is 4.98 Å². The molecule has 0 atom stereocenters. The highest BCUT2D eigenvalue weighted by Gasteiger charge is 2.47. The number of Topliss-reactive ketones (excluding diaryl/α,β-unsaturated/α-hetero) is 1. The summed E-state index contributed by atoms with van der Waals surface area (Å²) >= 11 is 0. The second kappa shape index (κ2) is 7.43. The molecule has 0 unspecified atom stereocenters. The molecule has 30 heavy (non-hydrogen) atoms. The Morgan fingerprint density at radius 1 is 1.07 bits per heavy atom. The van der Waals surface area contributed by atoms with Gasteiger partial charge in [-0.2, -0.15) is 9.37 Å². The van der Waals surface area contributed by atoms with E-state index in [1.165, 1.54) is 12.1 Å². The van der Waals surface area contributed by atoms with Gasteiger partial charge in [-0.1, -0.05) is 13.0 Å². The Bertz CT molecular complexity index is 1060. The monoisotopic (exact) mass is 421 g/mol. The predicted octanol–water partition coefficient (Wildman–Crippen LogP) is 5.28. The van der Waals surface area contributed by atoms with Crippen molar-refractivity contribution >= 4 is 11.4 Å². The molecule has 0 saturated heterocycles. The number of ether oxygens (including phenoxy) is 2. The summed E-state index contributed by atoms with van der Waals surface area (Å²) in [5, 5.41) is 10.8. The van der Waals surface area contributed by atoms with Gasteiger partial charge < -0.3 is 14.6 Å². The number of aryl methyl sites for hydroxylation is 1. The van der Waals surface area contributed by atoms with Gasteiger partial charge in [0.2, 0.25) is 0 Å². The average Bonchev–Trinajstić information content (AvgIpc) is 2.64. The maximum absolute atomic E-state index is 13.9. The maximum Gasteiger partial charge on any atom is 0.258 e. The minimum atomic E-state index is -1.50. The summed E-state index contributed by atoms with van der Waals surface area (Å²) in [6.07, 6.45) is 0.527. The highest BCUT2D eigenvalue weighted by atomic mass is 19.2. The van der Waals surface area contributed by atoms with Gasteiger partial charge in [0.25, 0.3) is 11.8 Å². The van der Waals surface area contributed by atoms with Gasteiger partial charge in [0, 0.05) is 6.07 Å². The Kier molecular flexibility index (Phi) is 5.41. The summed E-state index contributed by atoms with van der Waals surface area (Å²) in [7, 11) is 0. The first kappa shape index (κ1) is 21.8. The number of ketones is 1. The molecule has 5 nitrogen and oxygen atoms in total. The summed E-state index contributed by atoms with van der Waals surface area (Å²) in [6, 6.07) is 4.90. The number of carbonyl (C=O) groups excluding carboxylic acids is 1. The minimum absolute atomic E-state index is 0.0369. The number of carbonyl (C=O) groups is 1. The van der Waals surface area contributed by atoms with E-state index in [0.29, 0.717) is 18.1 Å². The molecule has 1 aromatic heterocycles. The van der Waals surface area contributed by atoms with Crippen LogP contribution < -0.4 is 4.74 Å². The fourth-order valence-electron chi connectivity index (χ4n) is 3.46. The standard InChI is InChI=1S/C22H22F3NO4/c1-6-11-7-8-12(29-20-15(24)10-14(23)19(25)26-20)9-13(11)16-17(27)21(2,3)30-22(4,5)18(16)28/h7-10,27H,6H2,1-5H3. The lowest BCUT2D eigenvalue weighted by molar-refractivity contribution is -0.158. The molecule has 0 fully saturated rings. The van der Waals surface area contributed by atoms with Crippen molar-refractivity contribution in [3.8, 4) is 11.6 Å². The molecule has 1 N–H and O–H groups in total. The van der Waals surface area contributed by atoms with E-state index in [9.17, 15) is 23.1 Å². The fraction of sp³-hybridized carbons (Fsp3) is 0.364. The number of nitrogens with zero attached hydrogens (tertiary/aromatic N) is 1. The van der Waals surface area contributed by atoms with Gasteiger partial charge in [-0.15, -0.1) is 0 Å². The van der Waals surface area contributed by atoms with Crippen molar-refractivity contribution in [1.29, 1.82) is 0 Å². The SMILES string of the molecule is CCc1ccc(Oc2nc(F)c(F)cc2F)cc1C1=C(O)C(C)(C)OC(C)(C)C1=O. The van der Waals surface area contributed by atoms with Crippen LogP contribution in [-0.2, 0) is 16.0 Å². The highest BCUT2D eigenvalue weighted by molar-refractivity contribution is 6.26. The van der Waals surface area contributed by atoms with Crippen molar-refractivity contribution in [2.75, 3.05) is 0 Å². The Hall–Kier alpha value is -2.87. The number of aliphatic hydroxyl groups excluding tert-OH is 1. The maximum atomic E-state index is 13.9. The number of pyridine rings is 1. The van der Waals surface area contributed by atoms with E-state index < -0.39 is 40.4 Å². The van der Waals surface area contributed by atoms with Gasteiger partial charge in [-0.3, -0.25) is 4.79 Å². The van der Waals surface area contributed by atoms with E-state index in [0.717, 1.165) is 5.56 Å². The van der Waals surface area contributed by atoms with Crippen molar-refractivity contribution in [2.45, 2.75) is 52.2 Å². The molecule has 160 valence electrons. The van der Waals surface area contributed by atoms with Crippen molar-refractivity contribution in [1.82, 2.24) is 4.98 Å². The molecule has 0 radical (unpaired) electrons. The molecule has 8 heteroatoms. The molecule has 1 aromatic carbocycles. The number of rotatable bonds is 4. The van der Waals surface area contributed by atoms with Gasteiger partial charge in [-0.05, 0) is 57.4 Å². The van der Waals surface area contributed by atoms with Crippen LogP contribution in [0.2, 0.25) is 0 Å². The first-order valence-electron chi connectivity index (χ1n) is 9.38. The number of hydrogen-bond donors (Lipinski definition) is 1. The molecule has 0 saturated carbocycles. The number of aromatic nitrogens is 1. The van der Waals surface area contributed by atoms with Crippen LogP contribution in [-0.4, -0.2) is 27.1 Å². The molecular formula is C22H22F3NO4. The quantitative estimate of drug-likeness (QED) is 0.681. The predicted molar refractivity (Wildman–Crippen MR) is 104 cm³/mol. The van der Waals surface area contributed by atoms with Gasteiger partial charge in [0.15, 0.2) is 17.4 Å². The lowest BCUT2D eigenvalue weighted by Crippen LogP contribution is -2.49. The zero-order valence-electron chi connectivity index (χ0n) is 17.3. The summed E-state index contributed by atoms with van der Waals surface area (Å²) in [5.41, 5.74) is -1.14. The molecule has 0 aliphatic carbocycles. The molecule has 3 rings (SSSR count). The minimum Gasteiger partial charge on any atom is -0.508 e. The lowest BCUT2D eigenvalue weighted by Gasteiger charge is -2.40. The van der Waals surface area contributed by atoms with Crippen LogP contribution >= 0.6 is 0 Å². The second-order valence-electron chi connectivity index (χ2n) is 8.00. The van der Waals surface area contributed by atoms with Crippen molar-refractivity contribution < 1.29 is 32.5 Å². The van der Waals surface area contributed by atoms with Crippen LogP contribution in [0.1, 0.15) is 45.7 Å². The Morgan fingerprint density at radius 3 is 2.37 bits per heavy atom. The first-order valence-corrected chi connectivity index (χ1v) is 9.38. The Labute approximate surface area is 172 Å². The summed E-state index contributed by atoms with van der Waals surface area (Å²) in [5.74, 6) is -5.49. The van der Waals surface area contributed by atoms with Crippen molar-refractivity contribution in [3.05, 3.63) is 58.7 Å². The molecule has 0 bridgehead atoms. The van der Waals surface area contributed by atoms with Crippen LogP contribution in [0, 0.1) is 17.6 Å². The molecule has 2 aromatic rings. The summed E-state index contributed by atoms with van der Waals surface area (Å²) in [6.45, 7) is 8.37. The fourth-order valence-corrected chi connectivity index (χ4v) is 3.46. The third-order valence-electron chi connectivity index (χ3n) is 4.89. The molecule has 0 spiro atoms. The topological polar surface area (TPSA) is 68.7 Å². The zero-order chi connectivity index (χ0) is 22.4. The van der Waals surface area contributed by atoms with Crippen LogP contribution in [0.25, 0.3) is 5.57 Å². The number of halogens is 3. The van der Waals surface area contributed by atoms with Crippen molar-refractivity contribution in [2.24, 2.45) is 0 Å². The molecule has 1 aliphatic heterocycles. The summed E-state index contributed by atoms with van der Waals surface area (Å²) < 4.78 is 51.5. The Balaban J connectivity index is 2.14. The van der Waals surface area contributed by atoms with E-state index >= 15 is 0 Å². The average molecular weight is 421 g/mol. The van der Waals surface area contributed by atoms with E-state index in [4.69, 9.17) is 9.47 Å². The molecule has 1 aliphatic rings. The molecule has 0 amide bonds. The summed E-state index contributed by atoms with van der Waals surface area (Å²) in [4.78, 5) is 16.2. The lowest BCUT2D eigenvalue weighted by atomic mass is 9.81. The largest absolute Gasteiger partial charge is 0.508 e. The smallest absolute Gasteiger partial charge is 0.258 e.